The average molecular weight is 401 g/mol. The summed E-state index contributed by atoms with van der Waals surface area (Å²) in [4.78, 5) is 14.2. The highest BCUT2D eigenvalue weighted by Crippen LogP contribution is 2.28. The van der Waals surface area contributed by atoms with Gasteiger partial charge in [0.2, 0.25) is 0 Å². The van der Waals surface area contributed by atoms with Crippen LogP contribution in [-0.2, 0) is 10.0 Å². The molecule has 25 heavy (non-hydrogen) atoms. The Morgan fingerprint density at radius 3 is 2.24 bits per heavy atom. The van der Waals surface area contributed by atoms with E-state index < -0.39 is 10.0 Å². The van der Waals surface area contributed by atoms with Gasteiger partial charge in [-0.2, -0.15) is 4.31 Å². The number of amides is 1. The molecule has 1 aliphatic rings. The summed E-state index contributed by atoms with van der Waals surface area (Å²) in [5.74, 6) is 0.570. The number of thiophene rings is 1. The maximum absolute atomic E-state index is 12.6. The van der Waals surface area contributed by atoms with E-state index in [1.54, 1.807) is 42.3 Å². The summed E-state index contributed by atoms with van der Waals surface area (Å²) in [6.45, 7) is 1.23. The molecule has 1 aliphatic heterocycles. The number of rotatable bonds is 4. The molecule has 0 aliphatic carbocycles. The molecule has 0 bridgehead atoms. The molecule has 0 unspecified atom stereocenters. The Balaban J connectivity index is 1.66. The molecule has 6 nitrogen and oxygen atoms in total. The molecule has 3 rings (SSSR count). The van der Waals surface area contributed by atoms with E-state index in [9.17, 15) is 13.2 Å². The van der Waals surface area contributed by atoms with Crippen molar-refractivity contribution in [2.75, 3.05) is 33.3 Å². The second-order valence-electron chi connectivity index (χ2n) is 5.48. The molecule has 0 saturated carbocycles. The maximum atomic E-state index is 12.6. The third-order valence-electron chi connectivity index (χ3n) is 4.01. The van der Waals surface area contributed by atoms with Crippen molar-refractivity contribution in [2.45, 2.75) is 4.21 Å². The summed E-state index contributed by atoms with van der Waals surface area (Å²) in [5.41, 5.74) is 0.558. The van der Waals surface area contributed by atoms with Crippen molar-refractivity contribution >= 4 is 38.9 Å². The van der Waals surface area contributed by atoms with Crippen molar-refractivity contribution in [3.8, 4) is 5.75 Å². The smallest absolute Gasteiger partial charge is 0.253 e. The van der Waals surface area contributed by atoms with Crippen molar-refractivity contribution in [3.05, 3.63) is 46.3 Å². The predicted octanol–water partition coefficient (Wildman–Crippen LogP) is 2.56. The van der Waals surface area contributed by atoms with Gasteiger partial charge in [0.05, 0.1) is 11.4 Å². The highest BCUT2D eigenvalue weighted by molar-refractivity contribution is 7.91. The lowest BCUT2D eigenvalue weighted by Gasteiger charge is -2.33. The van der Waals surface area contributed by atoms with Crippen molar-refractivity contribution in [3.63, 3.8) is 0 Å². The first-order chi connectivity index (χ1) is 11.9. The van der Waals surface area contributed by atoms with Crippen molar-refractivity contribution in [2.24, 2.45) is 0 Å². The zero-order chi connectivity index (χ0) is 18.0. The van der Waals surface area contributed by atoms with Crippen LogP contribution in [0.5, 0.6) is 5.75 Å². The summed E-state index contributed by atoms with van der Waals surface area (Å²) in [6, 6.07) is 9.96. The molecular weight excluding hydrogens is 384 g/mol. The van der Waals surface area contributed by atoms with Gasteiger partial charge in [0, 0.05) is 31.7 Å². The molecule has 0 atom stereocenters. The minimum absolute atomic E-state index is 0.112. The lowest BCUT2D eigenvalue weighted by Crippen LogP contribution is -2.50. The number of hydrogen-bond donors (Lipinski definition) is 0. The summed E-state index contributed by atoms with van der Waals surface area (Å²) in [6.07, 6.45) is 0. The topological polar surface area (TPSA) is 66.9 Å². The molecule has 0 radical (unpaired) electrons. The van der Waals surface area contributed by atoms with Crippen LogP contribution in [0.1, 0.15) is 10.4 Å². The number of hydrogen-bond acceptors (Lipinski definition) is 5. The molecule has 1 amide bonds. The first-order valence-electron chi connectivity index (χ1n) is 7.60. The van der Waals surface area contributed by atoms with E-state index in [1.165, 1.54) is 10.4 Å². The molecular formula is C16H17ClN2O4S2. The fourth-order valence-corrected chi connectivity index (χ4v) is 5.67. The van der Waals surface area contributed by atoms with Crippen molar-refractivity contribution in [1.82, 2.24) is 9.21 Å². The van der Waals surface area contributed by atoms with Crippen LogP contribution < -0.4 is 4.74 Å². The summed E-state index contributed by atoms with van der Waals surface area (Å²) >= 11 is 6.87. The molecule has 1 saturated heterocycles. The van der Waals surface area contributed by atoms with Crippen LogP contribution in [0.2, 0.25) is 4.34 Å². The predicted molar refractivity (Wildman–Crippen MR) is 97.0 cm³/mol. The Morgan fingerprint density at radius 2 is 1.72 bits per heavy atom. The van der Waals surface area contributed by atoms with Gasteiger partial charge in [-0.1, -0.05) is 11.6 Å². The van der Waals surface area contributed by atoms with E-state index in [1.807, 2.05) is 0 Å². The molecule has 2 aromatic rings. The summed E-state index contributed by atoms with van der Waals surface area (Å²) in [5, 5.41) is 0. The van der Waals surface area contributed by atoms with Gasteiger partial charge in [-0.05, 0) is 36.4 Å². The van der Waals surface area contributed by atoms with Gasteiger partial charge >= 0.3 is 0 Å². The van der Waals surface area contributed by atoms with E-state index in [0.717, 1.165) is 11.3 Å². The number of methoxy groups -OCH3 is 1. The molecule has 9 heteroatoms. The lowest BCUT2D eigenvalue weighted by atomic mass is 10.2. The van der Waals surface area contributed by atoms with Crippen LogP contribution in [0.4, 0.5) is 0 Å². The van der Waals surface area contributed by atoms with Crippen LogP contribution in [0.15, 0.2) is 40.6 Å². The van der Waals surface area contributed by atoms with E-state index in [-0.39, 0.29) is 23.2 Å². The fraction of sp³-hybridized carbons (Fsp3) is 0.312. The minimum Gasteiger partial charge on any atom is -0.497 e. The molecule has 1 aromatic carbocycles. The van der Waals surface area contributed by atoms with Gasteiger partial charge in [0.1, 0.15) is 9.96 Å². The number of benzene rings is 1. The standard InChI is InChI=1S/C16H17ClN2O4S2/c1-23-13-4-2-12(3-5-13)16(20)18-8-10-19(11-9-18)25(21,22)15-7-6-14(17)24-15/h2-7H,8-11H2,1H3. The number of nitrogens with zero attached hydrogens (tertiary/aromatic N) is 2. The summed E-state index contributed by atoms with van der Waals surface area (Å²) in [7, 11) is -1.98. The fourth-order valence-electron chi connectivity index (χ4n) is 2.61. The molecule has 2 heterocycles. The highest BCUT2D eigenvalue weighted by Gasteiger charge is 2.31. The van der Waals surface area contributed by atoms with Crippen LogP contribution in [-0.4, -0.2) is 56.8 Å². The monoisotopic (exact) mass is 400 g/mol. The van der Waals surface area contributed by atoms with E-state index in [4.69, 9.17) is 16.3 Å². The number of halogens is 1. The van der Waals surface area contributed by atoms with Crippen LogP contribution in [0.3, 0.4) is 0 Å². The molecule has 134 valence electrons. The Hall–Kier alpha value is -1.61. The van der Waals surface area contributed by atoms with Crippen molar-refractivity contribution in [1.29, 1.82) is 0 Å². The Labute approximate surface area is 155 Å². The molecule has 0 spiro atoms. The molecule has 0 N–H and O–H groups in total. The second kappa shape index (κ2) is 7.33. The zero-order valence-electron chi connectivity index (χ0n) is 13.5. The van der Waals surface area contributed by atoms with Crippen LogP contribution in [0, 0.1) is 0 Å². The Kier molecular flexibility index (Phi) is 5.33. The van der Waals surface area contributed by atoms with E-state index in [2.05, 4.69) is 0 Å². The summed E-state index contributed by atoms with van der Waals surface area (Å²) < 4.78 is 32.3. The van der Waals surface area contributed by atoms with Gasteiger partial charge in [-0.25, -0.2) is 8.42 Å². The zero-order valence-corrected chi connectivity index (χ0v) is 15.9. The van der Waals surface area contributed by atoms with Crippen LogP contribution in [0.25, 0.3) is 0 Å². The maximum Gasteiger partial charge on any atom is 0.253 e. The number of carbonyl (C=O) groups is 1. The largest absolute Gasteiger partial charge is 0.497 e. The van der Waals surface area contributed by atoms with Gasteiger partial charge in [-0.3, -0.25) is 4.79 Å². The number of sulfonamides is 1. The Bertz CT molecular complexity index is 857. The van der Waals surface area contributed by atoms with Gasteiger partial charge in [0.15, 0.2) is 0 Å². The molecule has 1 fully saturated rings. The average Bonchev–Trinajstić information content (AvgIpc) is 3.08. The van der Waals surface area contributed by atoms with Gasteiger partial charge < -0.3 is 9.64 Å². The molecule has 1 aromatic heterocycles. The van der Waals surface area contributed by atoms with Gasteiger partial charge in [0.25, 0.3) is 15.9 Å². The first-order valence-corrected chi connectivity index (χ1v) is 10.2. The third-order valence-corrected chi connectivity index (χ3v) is 7.60. The first kappa shape index (κ1) is 18.2. The van der Waals surface area contributed by atoms with Crippen LogP contribution >= 0.6 is 22.9 Å². The minimum atomic E-state index is -3.55. The highest BCUT2D eigenvalue weighted by atomic mass is 35.5. The number of piperazine rings is 1. The SMILES string of the molecule is COc1ccc(C(=O)N2CCN(S(=O)(=O)c3ccc(Cl)s3)CC2)cc1. The van der Waals surface area contributed by atoms with Gasteiger partial charge in [-0.15, -0.1) is 11.3 Å². The Morgan fingerprint density at radius 1 is 1.08 bits per heavy atom. The number of carbonyl (C=O) groups excluding carboxylic acids is 1. The normalized spacial score (nSPS) is 16.0. The second-order valence-corrected chi connectivity index (χ2v) is 9.36. The van der Waals surface area contributed by atoms with E-state index >= 15 is 0 Å². The van der Waals surface area contributed by atoms with Crippen molar-refractivity contribution < 1.29 is 17.9 Å². The van der Waals surface area contributed by atoms with E-state index in [0.29, 0.717) is 28.7 Å². The third kappa shape index (κ3) is 3.82. The lowest BCUT2D eigenvalue weighted by molar-refractivity contribution is 0.0698. The quantitative estimate of drug-likeness (QED) is 0.791. The number of ether oxygens (including phenoxy) is 1.